The van der Waals surface area contributed by atoms with Crippen molar-refractivity contribution in [3.05, 3.63) is 76.1 Å². The summed E-state index contributed by atoms with van der Waals surface area (Å²) in [6.07, 6.45) is -1.41. The maximum atomic E-state index is 11.0. The van der Waals surface area contributed by atoms with Crippen molar-refractivity contribution in [3.8, 4) is 34.1 Å². The molecule has 1 aliphatic carbocycles. The van der Waals surface area contributed by atoms with Crippen molar-refractivity contribution in [2.24, 2.45) is 0 Å². The average Bonchev–Trinajstić information content (AvgIpc) is 3.20. The van der Waals surface area contributed by atoms with E-state index >= 15 is 0 Å². The number of aliphatic hydroxyl groups excluding tert-OH is 3. The number of aliphatic hydroxyl groups is 3. The minimum atomic E-state index is -1.41. The lowest BCUT2D eigenvalue weighted by molar-refractivity contribution is 0.123. The topological polar surface area (TPSA) is 126 Å². The van der Waals surface area contributed by atoms with Crippen molar-refractivity contribution < 1.29 is 30.6 Å². The lowest BCUT2D eigenvalue weighted by Gasteiger charge is -2.27. The molecule has 1 aromatic heterocycles. The van der Waals surface area contributed by atoms with Crippen LogP contribution in [0.1, 0.15) is 24.1 Å². The van der Waals surface area contributed by atoms with Crippen LogP contribution >= 0.6 is 15.9 Å². The fourth-order valence-corrected chi connectivity index (χ4v) is 4.98. The van der Waals surface area contributed by atoms with Crippen LogP contribution in [0.5, 0.6) is 17.2 Å². The molecular formula is C25H20BrNO6. The minimum absolute atomic E-state index is 0.0258. The number of phenolic OH excluding ortho intramolecular Hbond substituents is 3. The number of rotatable bonds is 2. The summed E-state index contributed by atoms with van der Waals surface area (Å²) in [5, 5.41) is 64.3. The van der Waals surface area contributed by atoms with Gasteiger partial charge in [-0.15, -0.1) is 0 Å². The third-order valence-corrected chi connectivity index (χ3v) is 6.95. The summed E-state index contributed by atoms with van der Waals surface area (Å²) < 4.78 is 1.44. The highest BCUT2D eigenvalue weighted by Crippen LogP contribution is 2.55. The Morgan fingerprint density at radius 2 is 1.45 bits per heavy atom. The highest BCUT2D eigenvalue weighted by Gasteiger charge is 2.40. The van der Waals surface area contributed by atoms with Crippen LogP contribution in [0, 0.1) is 0 Å². The monoisotopic (exact) mass is 509 g/mol. The standard InChI is InChI=1S/C25H20BrNO6/c1-11-18-15(22(30)25(33)20(11)28)16-19(24(32)23(31)17(26)21(16)29)27(18)14-10-6-5-9-13(14)12-7-3-2-4-8-12/h2-11,20,28-33H,1H3. The van der Waals surface area contributed by atoms with E-state index in [1.165, 1.54) is 0 Å². The maximum absolute atomic E-state index is 11.0. The molecule has 6 N–H and O–H groups in total. The predicted molar refractivity (Wildman–Crippen MR) is 128 cm³/mol. The maximum Gasteiger partial charge on any atom is 0.184 e. The lowest BCUT2D eigenvalue weighted by Crippen LogP contribution is -2.26. The van der Waals surface area contributed by atoms with Gasteiger partial charge in [0.15, 0.2) is 23.0 Å². The number of hydrogen-bond donors (Lipinski definition) is 6. The molecule has 2 atom stereocenters. The molecular weight excluding hydrogens is 490 g/mol. The molecule has 0 amide bonds. The number of aromatic hydroxyl groups is 3. The molecule has 1 heterocycles. The highest BCUT2D eigenvalue weighted by molar-refractivity contribution is 9.10. The van der Waals surface area contributed by atoms with Gasteiger partial charge in [0.2, 0.25) is 0 Å². The molecule has 0 bridgehead atoms. The van der Waals surface area contributed by atoms with Gasteiger partial charge in [0.1, 0.15) is 21.8 Å². The van der Waals surface area contributed by atoms with Crippen LogP contribution < -0.4 is 0 Å². The van der Waals surface area contributed by atoms with Gasteiger partial charge >= 0.3 is 0 Å². The van der Waals surface area contributed by atoms with Gasteiger partial charge in [-0.05, 0) is 27.6 Å². The van der Waals surface area contributed by atoms with Gasteiger partial charge in [0.05, 0.1) is 16.6 Å². The molecule has 8 heteroatoms. The van der Waals surface area contributed by atoms with Crippen LogP contribution in [0.2, 0.25) is 0 Å². The summed E-state index contributed by atoms with van der Waals surface area (Å²) in [5.74, 6) is -3.49. The molecule has 0 spiro atoms. The van der Waals surface area contributed by atoms with Gasteiger partial charge in [-0.1, -0.05) is 55.5 Å². The van der Waals surface area contributed by atoms with Crippen LogP contribution in [0.4, 0.5) is 0 Å². The molecule has 0 saturated heterocycles. The van der Waals surface area contributed by atoms with Crippen molar-refractivity contribution in [2.45, 2.75) is 18.9 Å². The number of fused-ring (bicyclic) bond motifs is 3. The summed E-state index contributed by atoms with van der Waals surface area (Å²) >= 11 is 3.08. The number of benzene rings is 3. The number of hydrogen-bond acceptors (Lipinski definition) is 6. The predicted octanol–water partition coefficient (Wildman–Crippen LogP) is 5.44. The van der Waals surface area contributed by atoms with Gasteiger partial charge in [-0.25, -0.2) is 0 Å². The Morgan fingerprint density at radius 3 is 2.15 bits per heavy atom. The molecule has 0 aliphatic heterocycles. The SMILES string of the molecule is CC1c2c(c3c(O)c(Br)c(O)c(O)c3n2-c2ccccc2-c2ccccc2)C(O)=C(O)C1O. The Hall–Kier alpha value is -3.62. The van der Waals surface area contributed by atoms with Gasteiger partial charge < -0.3 is 35.2 Å². The van der Waals surface area contributed by atoms with Crippen LogP contribution in [0.15, 0.2) is 64.8 Å². The first kappa shape index (κ1) is 21.2. The molecule has 1 aliphatic rings. The summed E-state index contributed by atoms with van der Waals surface area (Å²) in [5.41, 5.74) is 2.69. The zero-order valence-electron chi connectivity index (χ0n) is 17.4. The molecule has 2 unspecified atom stereocenters. The summed E-state index contributed by atoms with van der Waals surface area (Å²) in [6.45, 7) is 1.66. The first-order valence-corrected chi connectivity index (χ1v) is 11.0. The second-order valence-corrected chi connectivity index (χ2v) is 8.82. The average molecular weight is 510 g/mol. The Labute approximate surface area is 196 Å². The first-order valence-electron chi connectivity index (χ1n) is 10.2. The number of aromatic nitrogens is 1. The number of phenols is 3. The van der Waals surface area contributed by atoms with E-state index in [9.17, 15) is 30.6 Å². The van der Waals surface area contributed by atoms with Gasteiger partial charge in [0, 0.05) is 17.2 Å². The van der Waals surface area contributed by atoms with Crippen LogP contribution in [0.3, 0.4) is 0 Å². The molecule has 3 aromatic carbocycles. The fourth-order valence-electron chi connectivity index (χ4n) is 4.59. The zero-order valence-corrected chi connectivity index (χ0v) is 18.9. The molecule has 168 valence electrons. The van der Waals surface area contributed by atoms with E-state index in [0.717, 1.165) is 11.1 Å². The van der Waals surface area contributed by atoms with E-state index in [0.29, 0.717) is 11.4 Å². The second-order valence-electron chi connectivity index (χ2n) is 8.03. The number of halogens is 1. The normalized spacial score (nSPS) is 18.0. The molecule has 4 aromatic rings. The molecule has 33 heavy (non-hydrogen) atoms. The minimum Gasteiger partial charge on any atom is -0.506 e. The van der Waals surface area contributed by atoms with Crippen molar-refractivity contribution in [3.63, 3.8) is 0 Å². The lowest BCUT2D eigenvalue weighted by atomic mass is 9.88. The molecule has 0 radical (unpaired) electrons. The third kappa shape index (κ3) is 2.84. The van der Waals surface area contributed by atoms with E-state index in [1.54, 1.807) is 23.6 Å². The van der Waals surface area contributed by atoms with Crippen LogP contribution in [0.25, 0.3) is 33.5 Å². The summed E-state index contributed by atoms with van der Waals surface area (Å²) in [7, 11) is 0. The zero-order chi connectivity index (χ0) is 23.6. The second kappa shape index (κ2) is 7.47. The fraction of sp³-hybridized carbons (Fsp3) is 0.120. The Bertz CT molecular complexity index is 1460. The molecule has 0 fully saturated rings. The summed E-state index contributed by atoms with van der Waals surface area (Å²) in [4.78, 5) is 0. The number of para-hydroxylation sites is 1. The van der Waals surface area contributed by atoms with Crippen molar-refractivity contribution in [1.82, 2.24) is 4.57 Å². The Kier molecular flexibility index (Phi) is 4.81. The van der Waals surface area contributed by atoms with Crippen molar-refractivity contribution in [2.75, 3.05) is 0 Å². The molecule has 7 nitrogen and oxygen atoms in total. The third-order valence-electron chi connectivity index (χ3n) is 6.20. The van der Waals surface area contributed by atoms with E-state index in [1.807, 2.05) is 42.5 Å². The van der Waals surface area contributed by atoms with E-state index < -0.39 is 40.8 Å². The Balaban J connectivity index is 2.03. The van der Waals surface area contributed by atoms with Crippen molar-refractivity contribution in [1.29, 1.82) is 0 Å². The van der Waals surface area contributed by atoms with Gasteiger partial charge in [0.25, 0.3) is 0 Å². The largest absolute Gasteiger partial charge is 0.506 e. The molecule has 5 rings (SSSR count). The quantitative estimate of drug-likeness (QED) is 0.158. The summed E-state index contributed by atoms with van der Waals surface area (Å²) in [6, 6.07) is 16.8. The van der Waals surface area contributed by atoms with Crippen LogP contribution in [-0.2, 0) is 0 Å². The van der Waals surface area contributed by atoms with Crippen molar-refractivity contribution >= 4 is 32.6 Å². The van der Waals surface area contributed by atoms with Gasteiger partial charge in [-0.3, -0.25) is 0 Å². The Morgan fingerprint density at radius 1 is 0.818 bits per heavy atom. The smallest absolute Gasteiger partial charge is 0.184 e. The van der Waals surface area contributed by atoms with E-state index in [-0.39, 0.29) is 20.9 Å². The van der Waals surface area contributed by atoms with E-state index in [2.05, 4.69) is 15.9 Å². The van der Waals surface area contributed by atoms with E-state index in [4.69, 9.17) is 0 Å². The molecule has 0 saturated carbocycles. The first-order chi connectivity index (χ1) is 15.8. The van der Waals surface area contributed by atoms with Gasteiger partial charge in [-0.2, -0.15) is 0 Å². The number of nitrogens with zero attached hydrogens (tertiary/aromatic N) is 1. The highest BCUT2D eigenvalue weighted by atomic mass is 79.9. The van der Waals surface area contributed by atoms with Crippen LogP contribution in [-0.4, -0.2) is 41.3 Å².